The Morgan fingerprint density at radius 2 is 1.88 bits per heavy atom. The molecule has 0 unspecified atom stereocenters. The van der Waals surface area contributed by atoms with Crippen molar-refractivity contribution >= 4 is 9.84 Å². The molecule has 3 rings (SSSR count). The smallest absolute Gasteiger partial charge is 0.270 e. The molecule has 1 aliphatic carbocycles. The van der Waals surface area contributed by atoms with Gasteiger partial charge in [0.05, 0.1) is 17.5 Å². The van der Waals surface area contributed by atoms with Crippen molar-refractivity contribution in [2.45, 2.75) is 38.1 Å². The third-order valence-electron chi connectivity index (χ3n) is 3.84. The maximum Gasteiger partial charge on any atom is 0.270 e. The van der Waals surface area contributed by atoms with Crippen LogP contribution in [0.2, 0.25) is 0 Å². The molecular formula is C11H16N2O3S. The predicted octanol–water partition coefficient (Wildman–Crippen LogP) is 0.415. The molecule has 6 heteroatoms. The van der Waals surface area contributed by atoms with Crippen LogP contribution in [0, 0.1) is 0 Å². The summed E-state index contributed by atoms with van der Waals surface area (Å²) in [6.45, 7) is 0. The van der Waals surface area contributed by atoms with Crippen LogP contribution in [0.3, 0.4) is 0 Å². The second kappa shape index (κ2) is 3.73. The molecule has 0 spiro atoms. The van der Waals surface area contributed by atoms with E-state index in [9.17, 15) is 13.2 Å². The zero-order valence-corrected chi connectivity index (χ0v) is 10.4. The summed E-state index contributed by atoms with van der Waals surface area (Å²) < 4.78 is 24.4. The second-order valence-corrected chi connectivity index (χ2v) is 7.28. The van der Waals surface area contributed by atoms with Gasteiger partial charge >= 0.3 is 0 Å². The molecule has 1 aromatic heterocycles. The zero-order chi connectivity index (χ0) is 12.0. The van der Waals surface area contributed by atoms with Gasteiger partial charge in [0, 0.05) is 11.3 Å². The molecular weight excluding hydrogens is 240 g/mol. The molecule has 17 heavy (non-hydrogen) atoms. The van der Waals surface area contributed by atoms with E-state index in [-0.39, 0.29) is 23.1 Å². The zero-order valence-electron chi connectivity index (χ0n) is 9.61. The lowest BCUT2D eigenvalue weighted by Gasteiger charge is -2.22. The van der Waals surface area contributed by atoms with Crippen molar-refractivity contribution in [2.24, 2.45) is 0 Å². The average molecular weight is 256 g/mol. The summed E-state index contributed by atoms with van der Waals surface area (Å²) in [4.78, 5) is 12.1. The number of nitrogens with one attached hydrogen (secondary N) is 1. The molecule has 1 aromatic rings. The largest absolute Gasteiger partial charge is 0.299 e. The minimum atomic E-state index is -2.86. The minimum Gasteiger partial charge on any atom is -0.299 e. The molecule has 0 amide bonds. The van der Waals surface area contributed by atoms with E-state index in [1.165, 1.54) is 0 Å². The van der Waals surface area contributed by atoms with Crippen LogP contribution >= 0.6 is 0 Å². The fraction of sp³-hybridized carbons (Fsp3) is 0.727. The van der Waals surface area contributed by atoms with Crippen LogP contribution in [-0.2, 0) is 22.7 Å². The van der Waals surface area contributed by atoms with E-state index in [1.807, 2.05) is 0 Å². The van der Waals surface area contributed by atoms with Crippen molar-refractivity contribution < 1.29 is 8.42 Å². The van der Waals surface area contributed by atoms with Crippen LogP contribution in [0.15, 0.2) is 4.79 Å². The monoisotopic (exact) mass is 256 g/mol. The van der Waals surface area contributed by atoms with Gasteiger partial charge in [0.2, 0.25) is 0 Å². The van der Waals surface area contributed by atoms with Gasteiger partial charge in [-0.15, -0.1) is 0 Å². The summed E-state index contributed by atoms with van der Waals surface area (Å²) in [5.41, 5.74) is 2.05. The molecule has 94 valence electrons. The maximum absolute atomic E-state index is 12.1. The number of hydrogen-bond donors (Lipinski definition) is 1. The molecule has 1 saturated heterocycles. The highest BCUT2D eigenvalue weighted by Gasteiger charge is 2.28. The van der Waals surface area contributed by atoms with E-state index >= 15 is 0 Å². The summed E-state index contributed by atoms with van der Waals surface area (Å²) in [5, 5.41) is 3.17. The maximum atomic E-state index is 12.1. The van der Waals surface area contributed by atoms with Crippen molar-refractivity contribution in [3.05, 3.63) is 21.6 Å². The molecule has 2 heterocycles. The van der Waals surface area contributed by atoms with Gasteiger partial charge in [-0.05, 0) is 32.1 Å². The number of aryl methyl sites for hydroxylation is 1. The molecule has 2 aliphatic rings. The van der Waals surface area contributed by atoms with Gasteiger partial charge in [-0.2, -0.15) is 0 Å². The Balaban J connectivity index is 1.89. The predicted molar refractivity (Wildman–Crippen MR) is 64.0 cm³/mol. The first-order chi connectivity index (χ1) is 8.07. The molecule has 0 aromatic carbocycles. The normalized spacial score (nSPS) is 23.8. The van der Waals surface area contributed by atoms with Crippen LogP contribution < -0.4 is 5.56 Å². The Labute approximate surface area is 99.7 Å². The fourth-order valence-electron chi connectivity index (χ4n) is 2.84. The summed E-state index contributed by atoms with van der Waals surface area (Å²) in [7, 11) is -2.86. The summed E-state index contributed by atoms with van der Waals surface area (Å²) in [6, 6.07) is 0.0385. The van der Waals surface area contributed by atoms with Crippen molar-refractivity contribution in [2.75, 3.05) is 11.5 Å². The van der Waals surface area contributed by atoms with Gasteiger partial charge in [0.15, 0.2) is 0 Å². The highest BCUT2D eigenvalue weighted by molar-refractivity contribution is 7.91. The number of aromatic nitrogens is 2. The van der Waals surface area contributed by atoms with Crippen molar-refractivity contribution in [3.8, 4) is 0 Å². The highest BCUT2D eigenvalue weighted by Crippen LogP contribution is 2.24. The van der Waals surface area contributed by atoms with E-state index < -0.39 is 9.84 Å². The molecule has 5 nitrogen and oxygen atoms in total. The molecule has 0 atom stereocenters. The second-order valence-electron chi connectivity index (χ2n) is 4.98. The first-order valence-corrected chi connectivity index (χ1v) is 7.92. The molecule has 0 radical (unpaired) electrons. The molecule has 1 N–H and O–H groups in total. The minimum absolute atomic E-state index is 0.0385. The molecule has 0 saturated carbocycles. The van der Waals surface area contributed by atoms with Gasteiger partial charge in [0.1, 0.15) is 9.84 Å². The lowest BCUT2D eigenvalue weighted by molar-refractivity contribution is 0.400. The molecule has 0 bridgehead atoms. The Morgan fingerprint density at radius 3 is 2.53 bits per heavy atom. The number of hydrogen-bond acceptors (Lipinski definition) is 3. The van der Waals surface area contributed by atoms with E-state index in [0.29, 0.717) is 12.8 Å². The Morgan fingerprint density at radius 1 is 1.18 bits per heavy atom. The van der Waals surface area contributed by atoms with Crippen LogP contribution in [0.5, 0.6) is 0 Å². The molecule has 1 aliphatic heterocycles. The lowest BCUT2D eigenvalue weighted by Crippen LogP contribution is -2.31. The van der Waals surface area contributed by atoms with Crippen LogP contribution in [0.1, 0.15) is 36.6 Å². The fourth-order valence-corrected chi connectivity index (χ4v) is 4.30. The Kier molecular flexibility index (Phi) is 2.43. The molecule has 1 fully saturated rings. The van der Waals surface area contributed by atoms with Gasteiger partial charge < -0.3 is 0 Å². The van der Waals surface area contributed by atoms with Crippen molar-refractivity contribution in [3.63, 3.8) is 0 Å². The lowest BCUT2D eigenvalue weighted by atomic mass is 10.1. The highest BCUT2D eigenvalue weighted by atomic mass is 32.2. The van der Waals surface area contributed by atoms with Gasteiger partial charge in [0.25, 0.3) is 5.56 Å². The first kappa shape index (κ1) is 11.1. The van der Waals surface area contributed by atoms with Crippen LogP contribution in [-0.4, -0.2) is 29.7 Å². The summed E-state index contributed by atoms with van der Waals surface area (Å²) >= 11 is 0. The summed E-state index contributed by atoms with van der Waals surface area (Å²) in [5.74, 6) is 0.404. The van der Waals surface area contributed by atoms with Crippen molar-refractivity contribution in [1.82, 2.24) is 9.78 Å². The first-order valence-electron chi connectivity index (χ1n) is 6.09. The van der Waals surface area contributed by atoms with E-state index in [4.69, 9.17) is 0 Å². The third kappa shape index (κ3) is 1.84. The average Bonchev–Trinajstić information content (AvgIpc) is 2.83. The number of nitrogens with zero attached hydrogens (tertiary/aromatic N) is 1. The topological polar surface area (TPSA) is 71.9 Å². The van der Waals surface area contributed by atoms with E-state index in [2.05, 4.69) is 5.10 Å². The quantitative estimate of drug-likeness (QED) is 0.791. The van der Waals surface area contributed by atoms with Crippen molar-refractivity contribution in [1.29, 1.82) is 0 Å². The number of rotatable bonds is 1. The van der Waals surface area contributed by atoms with Crippen LogP contribution in [0.4, 0.5) is 0 Å². The number of aromatic amines is 1. The standard InChI is InChI=1S/C11H16N2O3S/c14-11-9-2-1-3-10(9)12-13(11)8-4-6-17(15,16)7-5-8/h8,12H,1-7H2. The Bertz CT molecular complexity index is 583. The van der Waals surface area contributed by atoms with Crippen LogP contribution in [0.25, 0.3) is 0 Å². The number of fused-ring (bicyclic) bond motifs is 1. The number of H-pyrrole nitrogens is 1. The van der Waals surface area contributed by atoms with E-state index in [0.717, 1.165) is 30.5 Å². The SMILES string of the molecule is O=c1c2c([nH]n1C1CCS(=O)(=O)CC1)CCC2. The van der Waals surface area contributed by atoms with Gasteiger partial charge in [-0.3, -0.25) is 9.89 Å². The van der Waals surface area contributed by atoms with E-state index in [1.54, 1.807) is 4.68 Å². The van der Waals surface area contributed by atoms with Gasteiger partial charge in [-0.1, -0.05) is 0 Å². The number of sulfone groups is 1. The Hall–Kier alpha value is -1.04. The third-order valence-corrected chi connectivity index (χ3v) is 5.55. The van der Waals surface area contributed by atoms with Gasteiger partial charge in [-0.25, -0.2) is 13.1 Å². The summed E-state index contributed by atoms with van der Waals surface area (Å²) in [6.07, 6.45) is 3.98.